The fourth-order valence-corrected chi connectivity index (χ4v) is 4.77. The van der Waals surface area contributed by atoms with Crippen LogP contribution in [-0.2, 0) is 24.4 Å². The summed E-state index contributed by atoms with van der Waals surface area (Å²) in [4.78, 5) is 14.0. The van der Waals surface area contributed by atoms with Crippen molar-refractivity contribution in [1.29, 1.82) is 0 Å². The molecule has 1 heterocycles. The molecule has 1 aliphatic rings. The Morgan fingerprint density at radius 2 is 1.62 bits per heavy atom. The zero-order chi connectivity index (χ0) is 27.9. The number of methoxy groups -OCH3 is 1. The minimum Gasteiger partial charge on any atom is -0.496 e. The van der Waals surface area contributed by atoms with E-state index in [0.29, 0.717) is 71.3 Å². The molecule has 0 spiro atoms. The molecule has 5 rings (SSSR count). The van der Waals surface area contributed by atoms with Gasteiger partial charge in [0.15, 0.2) is 11.2 Å². The van der Waals surface area contributed by atoms with Crippen LogP contribution in [0.4, 0.5) is 0 Å². The molecule has 0 amide bonds. The van der Waals surface area contributed by atoms with Crippen LogP contribution in [0.15, 0.2) is 88.1 Å². The van der Waals surface area contributed by atoms with Crippen molar-refractivity contribution in [2.45, 2.75) is 39.4 Å². The maximum atomic E-state index is 14.0. The Balaban J connectivity index is 1.70. The van der Waals surface area contributed by atoms with E-state index in [9.17, 15) is 9.90 Å². The lowest BCUT2D eigenvalue weighted by Gasteiger charge is -2.17. The summed E-state index contributed by atoms with van der Waals surface area (Å²) < 4.78 is 24.8. The molecule has 1 N–H and O–H groups in total. The summed E-state index contributed by atoms with van der Waals surface area (Å²) in [6.07, 6.45) is 7.49. The standard InChI is InChI=1S/C34H34O6/c1-23(20-35)17-18-26-29(39-22-25-13-7-4-8-14-25)19-30(37-2)31-32(36)27-15-9-10-16-28(33(27)40-34(26)31)38-21-24-11-5-3-6-12-24/h3-8,10-16,19,23,35H,9,17-18,20-22H2,1-2H3. The van der Waals surface area contributed by atoms with Crippen molar-refractivity contribution in [3.63, 3.8) is 0 Å². The minimum atomic E-state index is -0.177. The first-order chi connectivity index (χ1) is 19.6. The molecule has 0 radical (unpaired) electrons. The summed E-state index contributed by atoms with van der Waals surface area (Å²) in [5.41, 5.74) is 3.43. The van der Waals surface area contributed by atoms with Crippen LogP contribution in [0, 0.1) is 5.92 Å². The highest BCUT2D eigenvalue weighted by atomic mass is 16.5. The Morgan fingerprint density at radius 1 is 0.950 bits per heavy atom. The second-order valence-electron chi connectivity index (χ2n) is 10.0. The number of hydrogen-bond acceptors (Lipinski definition) is 6. The molecule has 0 aliphatic heterocycles. The average molecular weight is 539 g/mol. The van der Waals surface area contributed by atoms with Gasteiger partial charge in [-0.05, 0) is 42.4 Å². The highest BCUT2D eigenvalue weighted by molar-refractivity contribution is 5.88. The van der Waals surface area contributed by atoms with Crippen LogP contribution in [-0.4, -0.2) is 18.8 Å². The number of allylic oxidation sites excluding steroid dienone is 1. The molecular weight excluding hydrogens is 504 g/mol. The van der Waals surface area contributed by atoms with Crippen LogP contribution in [0.5, 0.6) is 11.5 Å². The van der Waals surface area contributed by atoms with Crippen molar-refractivity contribution in [2.75, 3.05) is 13.7 Å². The van der Waals surface area contributed by atoms with Crippen LogP contribution in [0.25, 0.3) is 22.8 Å². The van der Waals surface area contributed by atoms with Gasteiger partial charge in [-0.25, -0.2) is 0 Å². The number of aliphatic hydroxyl groups excluding tert-OH is 1. The first kappa shape index (κ1) is 27.3. The Hall–Kier alpha value is -4.29. The fourth-order valence-electron chi connectivity index (χ4n) is 4.77. The number of hydrogen-bond donors (Lipinski definition) is 1. The second kappa shape index (κ2) is 12.7. The van der Waals surface area contributed by atoms with E-state index in [1.54, 1.807) is 13.2 Å². The third-order valence-corrected chi connectivity index (χ3v) is 7.07. The van der Waals surface area contributed by atoms with Crippen molar-refractivity contribution in [2.24, 2.45) is 5.92 Å². The third kappa shape index (κ3) is 5.97. The molecule has 1 atom stereocenters. The minimum absolute atomic E-state index is 0.0681. The molecule has 40 heavy (non-hydrogen) atoms. The maximum absolute atomic E-state index is 14.0. The van der Waals surface area contributed by atoms with Crippen LogP contribution in [0.3, 0.4) is 0 Å². The summed E-state index contributed by atoms with van der Waals surface area (Å²) in [6, 6.07) is 21.5. The number of aryl methyl sites for hydroxylation is 1. The molecule has 3 aromatic carbocycles. The topological polar surface area (TPSA) is 78.1 Å². The van der Waals surface area contributed by atoms with E-state index in [0.717, 1.165) is 16.7 Å². The van der Waals surface area contributed by atoms with E-state index in [1.165, 1.54) is 0 Å². The summed E-state index contributed by atoms with van der Waals surface area (Å²) in [5, 5.41) is 10.5. The van der Waals surface area contributed by atoms with Gasteiger partial charge in [0.25, 0.3) is 0 Å². The summed E-state index contributed by atoms with van der Waals surface area (Å²) in [6.45, 7) is 2.74. The van der Waals surface area contributed by atoms with Crippen molar-refractivity contribution < 1.29 is 23.7 Å². The number of aliphatic hydroxyl groups is 1. The van der Waals surface area contributed by atoms with Gasteiger partial charge >= 0.3 is 0 Å². The normalized spacial score (nSPS) is 13.3. The van der Waals surface area contributed by atoms with Crippen molar-refractivity contribution in [3.8, 4) is 11.5 Å². The molecule has 0 fully saturated rings. The monoisotopic (exact) mass is 538 g/mol. The molecule has 0 bridgehead atoms. The lowest BCUT2D eigenvalue weighted by atomic mass is 9.98. The van der Waals surface area contributed by atoms with Gasteiger partial charge in [0, 0.05) is 18.2 Å². The Kier molecular flexibility index (Phi) is 8.67. The van der Waals surface area contributed by atoms with Crippen LogP contribution < -0.4 is 25.5 Å². The summed E-state index contributed by atoms with van der Waals surface area (Å²) in [7, 11) is 1.54. The quantitative estimate of drug-likeness (QED) is 0.289. The van der Waals surface area contributed by atoms with Gasteiger partial charge in [-0.3, -0.25) is 4.79 Å². The molecular formula is C34H34O6. The van der Waals surface area contributed by atoms with E-state index in [4.69, 9.17) is 18.6 Å². The fraction of sp³-hybridized carbons (Fsp3) is 0.265. The van der Waals surface area contributed by atoms with Crippen molar-refractivity contribution >= 4 is 22.8 Å². The molecule has 0 saturated heterocycles. The SMILES string of the molecule is COc1cc(OCc2ccccc2)c(CCC(C)CO)c2oc3c(c(=O)c12)=CCC=CC=3OCc1ccccc1. The molecule has 4 aromatic rings. The van der Waals surface area contributed by atoms with E-state index in [2.05, 4.69) is 0 Å². The van der Waals surface area contributed by atoms with Crippen molar-refractivity contribution in [1.82, 2.24) is 0 Å². The third-order valence-electron chi connectivity index (χ3n) is 7.07. The van der Waals surface area contributed by atoms with Gasteiger partial charge in [0.2, 0.25) is 5.43 Å². The lowest BCUT2D eigenvalue weighted by Crippen LogP contribution is -2.40. The second-order valence-corrected chi connectivity index (χ2v) is 10.0. The van der Waals surface area contributed by atoms with Gasteiger partial charge in [-0.1, -0.05) is 79.7 Å². The first-order valence-corrected chi connectivity index (χ1v) is 13.6. The van der Waals surface area contributed by atoms with Gasteiger partial charge < -0.3 is 23.7 Å². The van der Waals surface area contributed by atoms with Gasteiger partial charge in [0.1, 0.15) is 35.7 Å². The largest absolute Gasteiger partial charge is 0.496 e. The van der Waals surface area contributed by atoms with E-state index in [1.807, 2.05) is 85.8 Å². The Labute approximate surface area is 233 Å². The maximum Gasteiger partial charge on any atom is 0.204 e. The van der Waals surface area contributed by atoms with Crippen LogP contribution >= 0.6 is 0 Å². The summed E-state index contributed by atoms with van der Waals surface area (Å²) in [5.74, 6) is 1.54. The van der Waals surface area contributed by atoms with E-state index < -0.39 is 0 Å². The highest BCUT2D eigenvalue weighted by Gasteiger charge is 2.22. The first-order valence-electron chi connectivity index (χ1n) is 13.6. The molecule has 1 aromatic heterocycles. The predicted molar refractivity (Wildman–Crippen MR) is 156 cm³/mol. The van der Waals surface area contributed by atoms with Crippen molar-refractivity contribution in [3.05, 3.63) is 116 Å². The zero-order valence-electron chi connectivity index (χ0n) is 22.9. The molecule has 0 saturated carbocycles. The van der Waals surface area contributed by atoms with Gasteiger partial charge in [0.05, 0.1) is 12.3 Å². The molecule has 1 aliphatic carbocycles. The molecule has 206 valence electrons. The molecule has 6 heteroatoms. The lowest BCUT2D eigenvalue weighted by molar-refractivity contribution is 0.229. The number of ether oxygens (including phenoxy) is 3. The number of benzene rings is 3. The smallest absolute Gasteiger partial charge is 0.204 e. The zero-order valence-corrected chi connectivity index (χ0v) is 22.9. The van der Waals surface area contributed by atoms with E-state index >= 15 is 0 Å². The summed E-state index contributed by atoms with van der Waals surface area (Å²) >= 11 is 0. The molecule has 6 nitrogen and oxygen atoms in total. The number of rotatable bonds is 11. The van der Waals surface area contributed by atoms with E-state index in [-0.39, 0.29) is 18.0 Å². The molecule has 1 unspecified atom stereocenters. The predicted octanol–water partition coefficient (Wildman–Crippen LogP) is 5.01. The van der Waals surface area contributed by atoms with Gasteiger partial charge in [-0.2, -0.15) is 0 Å². The van der Waals surface area contributed by atoms with Crippen LogP contribution in [0.2, 0.25) is 0 Å². The Bertz CT molecular complexity index is 1670. The number of fused-ring (bicyclic) bond motifs is 2. The van der Waals surface area contributed by atoms with Crippen LogP contribution in [0.1, 0.15) is 36.5 Å². The average Bonchev–Trinajstić information content (AvgIpc) is 3.21. The Morgan fingerprint density at radius 3 is 2.27 bits per heavy atom. The van der Waals surface area contributed by atoms with Gasteiger partial charge in [-0.15, -0.1) is 0 Å². The highest BCUT2D eigenvalue weighted by Crippen LogP contribution is 2.35.